The summed E-state index contributed by atoms with van der Waals surface area (Å²) in [6.07, 6.45) is 1.73. The number of aryl methyl sites for hydroxylation is 3. The lowest BCUT2D eigenvalue weighted by atomic mass is 10.1. The first kappa shape index (κ1) is 23.9. The van der Waals surface area contributed by atoms with Gasteiger partial charge in [0, 0.05) is 38.3 Å². The largest absolute Gasteiger partial charge is 0.379 e. The monoisotopic (exact) mass is 467 g/mol. The van der Waals surface area contributed by atoms with Gasteiger partial charge in [-0.3, -0.25) is 24.5 Å². The maximum absolute atomic E-state index is 13.2. The lowest BCUT2D eigenvalue weighted by Gasteiger charge is -2.27. The van der Waals surface area contributed by atoms with Gasteiger partial charge in [-0.1, -0.05) is 13.8 Å². The Morgan fingerprint density at radius 2 is 1.85 bits per heavy atom. The first-order chi connectivity index (χ1) is 16.4. The molecule has 0 spiro atoms. The molecule has 1 aromatic carbocycles. The Kier molecular flexibility index (Phi) is 7.28. The van der Waals surface area contributed by atoms with Crippen LogP contribution in [0.15, 0.2) is 18.2 Å². The van der Waals surface area contributed by atoms with Crippen molar-refractivity contribution < 1.29 is 14.3 Å². The van der Waals surface area contributed by atoms with Crippen molar-refractivity contribution >= 4 is 28.8 Å². The second-order valence-electron chi connectivity index (χ2n) is 8.69. The summed E-state index contributed by atoms with van der Waals surface area (Å²) in [6, 6.07) is 5.33. The topological polar surface area (TPSA) is 120 Å². The van der Waals surface area contributed by atoms with E-state index in [2.05, 4.69) is 22.2 Å². The smallest absolute Gasteiger partial charge is 0.276 e. The van der Waals surface area contributed by atoms with Crippen LogP contribution in [0.2, 0.25) is 0 Å². The fraction of sp³-hybridized carbons (Fsp3) is 0.500. The van der Waals surface area contributed by atoms with Gasteiger partial charge in [-0.15, -0.1) is 0 Å². The van der Waals surface area contributed by atoms with Gasteiger partial charge in [-0.05, 0) is 43.5 Å². The van der Waals surface area contributed by atoms with Gasteiger partial charge in [0.05, 0.1) is 29.9 Å². The highest BCUT2D eigenvalue weighted by Gasteiger charge is 2.22. The number of amides is 2. The zero-order chi connectivity index (χ0) is 24.2. The number of fused-ring (bicyclic) bond motifs is 1. The lowest BCUT2D eigenvalue weighted by Crippen LogP contribution is -2.35. The van der Waals surface area contributed by atoms with Crippen LogP contribution >= 0.6 is 0 Å². The molecule has 34 heavy (non-hydrogen) atoms. The summed E-state index contributed by atoms with van der Waals surface area (Å²) in [7, 11) is 0. The van der Waals surface area contributed by atoms with E-state index in [9.17, 15) is 9.59 Å². The maximum Gasteiger partial charge on any atom is 0.276 e. The summed E-state index contributed by atoms with van der Waals surface area (Å²) in [5, 5.41) is 7.43. The molecule has 182 valence electrons. The average molecular weight is 468 g/mol. The predicted octanol–water partition coefficient (Wildman–Crippen LogP) is 2.54. The molecule has 0 saturated carbocycles. The Hall–Kier alpha value is -3.24. The van der Waals surface area contributed by atoms with Gasteiger partial charge < -0.3 is 15.0 Å². The number of primary amides is 1. The van der Waals surface area contributed by atoms with Gasteiger partial charge in [-0.2, -0.15) is 5.10 Å². The number of imidazole rings is 1. The van der Waals surface area contributed by atoms with Gasteiger partial charge in [0.1, 0.15) is 5.69 Å². The molecule has 3 heterocycles. The normalized spacial score (nSPS) is 14.6. The number of carbonyl (C=O) groups is 2. The third-order valence-corrected chi connectivity index (χ3v) is 5.95. The molecule has 1 fully saturated rings. The van der Waals surface area contributed by atoms with Gasteiger partial charge in [0.2, 0.25) is 11.9 Å². The Morgan fingerprint density at radius 3 is 2.53 bits per heavy atom. The number of nitrogens with zero attached hydrogens (tertiary/aromatic N) is 5. The van der Waals surface area contributed by atoms with E-state index in [4.69, 9.17) is 15.5 Å². The molecule has 1 saturated heterocycles. The summed E-state index contributed by atoms with van der Waals surface area (Å²) in [4.78, 5) is 32.3. The highest BCUT2D eigenvalue weighted by molar-refractivity contribution is 6.03. The third kappa shape index (κ3) is 4.97. The van der Waals surface area contributed by atoms with Crippen LogP contribution in [-0.2, 0) is 24.4 Å². The van der Waals surface area contributed by atoms with E-state index in [1.807, 2.05) is 24.5 Å². The first-order valence-electron chi connectivity index (χ1n) is 11.9. The molecular weight excluding hydrogens is 434 g/mol. The summed E-state index contributed by atoms with van der Waals surface area (Å²) in [5.41, 5.74) is 9.84. The molecule has 4 rings (SSSR count). The van der Waals surface area contributed by atoms with Crippen molar-refractivity contribution in [3.8, 4) is 0 Å². The number of ether oxygens (including phenoxy) is 1. The highest BCUT2D eigenvalue weighted by Crippen LogP contribution is 2.27. The number of hydrogen-bond acceptors (Lipinski definition) is 6. The lowest BCUT2D eigenvalue weighted by molar-refractivity contribution is 0.0343. The minimum Gasteiger partial charge on any atom is -0.379 e. The van der Waals surface area contributed by atoms with Crippen molar-refractivity contribution in [1.29, 1.82) is 0 Å². The van der Waals surface area contributed by atoms with Crippen LogP contribution in [0, 0.1) is 6.92 Å². The molecule has 0 bridgehead atoms. The Balaban J connectivity index is 1.76. The average Bonchev–Trinajstić information content (AvgIpc) is 3.35. The van der Waals surface area contributed by atoms with Crippen LogP contribution in [0.1, 0.15) is 58.8 Å². The summed E-state index contributed by atoms with van der Waals surface area (Å²) in [6.45, 7) is 11.0. The Morgan fingerprint density at radius 1 is 1.12 bits per heavy atom. The molecule has 3 N–H and O–H groups in total. The number of hydrogen-bond donors (Lipinski definition) is 2. The zero-order valence-electron chi connectivity index (χ0n) is 20.1. The van der Waals surface area contributed by atoms with Crippen molar-refractivity contribution in [2.75, 3.05) is 31.6 Å². The number of rotatable bonds is 9. The fourth-order valence-corrected chi connectivity index (χ4v) is 4.43. The van der Waals surface area contributed by atoms with Crippen molar-refractivity contribution in [3.63, 3.8) is 0 Å². The molecule has 2 amide bonds. The van der Waals surface area contributed by atoms with E-state index in [1.54, 1.807) is 16.8 Å². The highest BCUT2D eigenvalue weighted by atomic mass is 16.5. The standard InChI is InChI=1S/C24H33N7O3/c1-4-6-30-21-18(15-29-8-10-34-11-9-29)13-17(22(25)32)14-19(21)26-24(30)27-23(33)20-12-16(3)28-31(20)7-5-2/h12-14H,4-11,15H2,1-3H3,(H2,25,32)(H,26,27,33). The van der Waals surface area contributed by atoms with Crippen LogP contribution in [0.25, 0.3) is 11.0 Å². The SMILES string of the molecule is CCCn1nc(C)cc1C(=O)Nc1nc2cc(C(N)=O)cc(CN3CCOCC3)c2n1CCC. The molecule has 0 atom stereocenters. The zero-order valence-corrected chi connectivity index (χ0v) is 20.1. The predicted molar refractivity (Wildman–Crippen MR) is 130 cm³/mol. The number of anilines is 1. The van der Waals surface area contributed by atoms with Crippen LogP contribution in [0.4, 0.5) is 5.95 Å². The molecule has 2 aromatic heterocycles. The Labute approximate surface area is 199 Å². The molecule has 10 nitrogen and oxygen atoms in total. The van der Waals surface area contributed by atoms with E-state index >= 15 is 0 Å². The van der Waals surface area contributed by atoms with Crippen molar-refractivity contribution in [1.82, 2.24) is 24.2 Å². The molecule has 1 aliphatic heterocycles. The molecule has 1 aliphatic rings. The number of nitrogens with one attached hydrogen (secondary N) is 1. The molecule has 0 aliphatic carbocycles. The van der Waals surface area contributed by atoms with Crippen LogP contribution in [0.3, 0.4) is 0 Å². The maximum atomic E-state index is 13.2. The van der Waals surface area contributed by atoms with Gasteiger partial charge in [0.15, 0.2) is 0 Å². The van der Waals surface area contributed by atoms with Crippen molar-refractivity contribution in [2.45, 2.75) is 53.2 Å². The second-order valence-corrected chi connectivity index (χ2v) is 8.69. The van der Waals surface area contributed by atoms with E-state index in [0.717, 1.165) is 42.7 Å². The van der Waals surface area contributed by atoms with Crippen LogP contribution < -0.4 is 11.1 Å². The van der Waals surface area contributed by atoms with Crippen molar-refractivity contribution in [2.24, 2.45) is 5.73 Å². The minimum atomic E-state index is -0.500. The summed E-state index contributed by atoms with van der Waals surface area (Å²) in [5.74, 6) is -0.306. The number of aromatic nitrogens is 4. The quantitative estimate of drug-likeness (QED) is 0.499. The van der Waals surface area contributed by atoms with E-state index in [-0.39, 0.29) is 5.91 Å². The molecule has 0 unspecified atom stereocenters. The van der Waals surface area contributed by atoms with Gasteiger partial charge in [0.25, 0.3) is 5.91 Å². The van der Waals surface area contributed by atoms with E-state index in [0.29, 0.717) is 55.6 Å². The van der Waals surface area contributed by atoms with E-state index < -0.39 is 5.91 Å². The molecule has 0 radical (unpaired) electrons. The Bertz CT molecular complexity index is 1190. The number of carbonyl (C=O) groups excluding carboxylic acids is 2. The van der Waals surface area contributed by atoms with E-state index in [1.165, 1.54) is 0 Å². The molecule has 3 aromatic rings. The van der Waals surface area contributed by atoms with Gasteiger partial charge >= 0.3 is 0 Å². The van der Waals surface area contributed by atoms with Crippen molar-refractivity contribution in [3.05, 3.63) is 40.7 Å². The number of nitrogens with two attached hydrogens (primary N) is 1. The second kappa shape index (κ2) is 10.4. The van der Waals surface area contributed by atoms with Crippen LogP contribution in [0.5, 0.6) is 0 Å². The summed E-state index contributed by atoms with van der Waals surface area (Å²) >= 11 is 0. The first-order valence-corrected chi connectivity index (χ1v) is 11.9. The number of morpholine rings is 1. The summed E-state index contributed by atoms with van der Waals surface area (Å²) < 4.78 is 9.24. The third-order valence-electron chi connectivity index (χ3n) is 5.95. The fourth-order valence-electron chi connectivity index (χ4n) is 4.43. The number of benzene rings is 1. The molecular formula is C24H33N7O3. The van der Waals surface area contributed by atoms with Gasteiger partial charge in [-0.25, -0.2) is 4.98 Å². The molecule has 10 heteroatoms. The minimum absolute atomic E-state index is 0.258. The van der Waals surface area contributed by atoms with Crippen LogP contribution in [-0.4, -0.2) is 62.3 Å².